The Morgan fingerprint density at radius 3 is 2.16 bits per heavy atom. The highest BCUT2D eigenvalue weighted by molar-refractivity contribution is 7.94. The van der Waals surface area contributed by atoms with E-state index in [0.29, 0.717) is 16.1 Å². The van der Waals surface area contributed by atoms with Gasteiger partial charge in [0.25, 0.3) is 10.0 Å². The van der Waals surface area contributed by atoms with Crippen LogP contribution in [0, 0.1) is 5.82 Å². The lowest BCUT2D eigenvalue weighted by Crippen LogP contribution is -2.13. The molecule has 0 aliphatic rings. The molecule has 13 heteroatoms. The van der Waals surface area contributed by atoms with Crippen molar-refractivity contribution < 1.29 is 40.6 Å². The molecule has 0 amide bonds. The Hall–Kier alpha value is -3.97. The van der Waals surface area contributed by atoms with E-state index in [1.54, 1.807) is 36.4 Å². The van der Waals surface area contributed by atoms with E-state index in [4.69, 9.17) is 9.84 Å². The summed E-state index contributed by atoms with van der Waals surface area (Å²) >= 11 is 0.850. The van der Waals surface area contributed by atoms with Crippen LogP contribution in [0.15, 0.2) is 71.1 Å². The average Bonchev–Trinajstić information content (AvgIpc) is 3.35. The Bertz CT molecular complexity index is 1580. The Morgan fingerprint density at radius 2 is 1.61 bits per heavy atom. The minimum absolute atomic E-state index is 0.154. The maximum atomic E-state index is 14.1. The first-order valence-electron chi connectivity index (χ1n) is 10.7. The van der Waals surface area contributed by atoms with Gasteiger partial charge in [-0.05, 0) is 22.8 Å². The van der Waals surface area contributed by atoms with Crippen LogP contribution in [-0.4, -0.2) is 37.8 Å². The standard InChI is InChI=1S/C25H18F4N2O5S2/c1-36-21-10-18(24(32)33)19(26)11-20(21)31-38(34,35)22-13-30-23(37-22)17-8-6-16(7-9-17)15-4-2-14(3-5-15)12-25(27,28)29/h2-11,13,31H,12H2,1H3,(H,32,33). The van der Waals surface area contributed by atoms with Crippen molar-refractivity contribution in [3.05, 3.63) is 83.8 Å². The summed E-state index contributed by atoms with van der Waals surface area (Å²) < 4.78 is 84.6. The third kappa shape index (κ3) is 6.11. The largest absolute Gasteiger partial charge is 0.495 e. The van der Waals surface area contributed by atoms with Crippen molar-refractivity contribution in [1.29, 1.82) is 0 Å². The van der Waals surface area contributed by atoms with Gasteiger partial charge in [0, 0.05) is 11.6 Å². The van der Waals surface area contributed by atoms with Gasteiger partial charge in [-0.25, -0.2) is 22.6 Å². The molecule has 1 aromatic heterocycles. The van der Waals surface area contributed by atoms with Crippen molar-refractivity contribution in [2.75, 3.05) is 11.8 Å². The van der Waals surface area contributed by atoms with Crippen LogP contribution in [0.5, 0.6) is 5.75 Å². The van der Waals surface area contributed by atoms with Gasteiger partial charge in [-0.2, -0.15) is 13.2 Å². The number of aromatic nitrogens is 1. The van der Waals surface area contributed by atoms with Crippen LogP contribution in [0.25, 0.3) is 21.7 Å². The third-order valence-electron chi connectivity index (χ3n) is 5.34. The molecular weight excluding hydrogens is 548 g/mol. The zero-order valence-corrected chi connectivity index (χ0v) is 21.0. The van der Waals surface area contributed by atoms with Crippen LogP contribution >= 0.6 is 11.3 Å². The van der Waals surface area contributed by atoms with E-state index >= 15 is 0 Å². The highest BCUT2D eigenvalue weighted by atomic mass is 32.2. The summed E-state index contributed by atoms with van der Waals surface area (Å²) in [5.41, 5.74) is 1.26. The number of hydrogen-bond acceptors (Lipinski definition) is 6. The lowest BCUT2D eigenvalue weighted by molar-refractivity contribution is -0.127. The number of carboxylic acid groups (broad SMARTS) is 1. The smallest absolute Gasteiger partial charge is 0.393 e. The van der Waals surface area contributed by atoms with Gasteiger partial charge in [0.1, 0.15) is 16.6 Å². The van der Waals surface area contributed by atoms with Crippen LogP contribution in [-0.2, 0) is 16.4 Å². The van der Waals surface area contributed by atoms with Gasteiger partial charge >= 0.3 is 12.1 Å². The second-order valence-corrected chi connectivity index (χ2v) is 10.9. The predicted octanol–water partition coefficient (Wildman–Crippen LogP) is 6.23. The molecule has 0 aliphatic carbocycles. The molecular formula is C25H18F4N2O5S2. The minimum Gasteiger partial charge on any atom is -0.495 e. The first-order valence-corrected chi connectivity index (χ1v) is 13.0. The molecule has 3 aromatic carbocycles. The summed E-state index contributed by atoms with van der Waals surface area (Å²) in [7, 11) is -3.04. The number of rotatable bonds is 8. The van der Waals surface area contributed by atoms with Gasteiger partial charge in [0.05, 0.1) is 31.0 Å². The van der Waals surface area contributed by atoms with Crippen molar-refractivity contribution in [3.63, 3.8) is 0 Å². The second kappa shape index (κ2) is 10.4. The first-order chi connectivity index (χ1) is 17.9. The van der Waals surface area contributed by atoms with Gasteiger partial charge in [-0.1, -0.05) is 48.5 Å². The van der Waals surface area contributed by atoms with E-state index in [-0.39, 0.29) is 21.2 Å². The van der Waals surface area contributed by atoms with Crippen LogP contribution in [0.3, 0.4) is 0 Å². The van der Waals surface area contributed by atoms with Crippen molar-refractivity contribution in [2.24, 2.45) is 0 Å². The number of alkyl halides is 3. The number of carboxylic acids is 1. The summed E-state index contributed by atoms with van der Waals surface area (Å²) in [6, 6.07) is 14.5. The fourth-order valence-corrected chi connectivity index (χ4v) is 5.73. The molecule has 0 bridgehead atoms. The second-order valence-electron chi connectivity index (χ2n) is 7.99. The summed E-state index contributed by atoms with van der Waals surface area (Å²) in [5.74, 6) is -2.86. The lowest BCUT2D eigenvalue weighted by Gasteiger charge is -2.12. The number of thiazole rings is 1. The van der Waals surface area contributed by atoms with E-state index in [1.807, 2.05) is 0 Å². The summed E-state index contributed by atoms with van der Waals surface area (Å²) in [5, 5.41) is 9.42. The highest BCUT2D eigenvalue weighted by Gasteiger charge is 2.27. The number of benzene rings is 3. The van der Waals surface area contributed by atoms with Gasteiger partial charge < -0.3 is 9.84 Å². The maximum Gasteiger partial charge on any atom is 0.393 e. The molecule has 0 aliphatic heterocycles. The van der Waals surface area contributed by atoms with Gasteiger partial charge in [0.15, 0.2) is 4.21 Å². The molecule has 4 aromatic rings. The van der Waals surface area contributed by atoms with Crippen LogP contribution in [0.4, 0.5) is 23.2 Å². The van der Waals surface area contributed by atoms with Gasteiger partial charge in [0.2, 0.25) is 0 Å². The molecule has 7 nitrogen and oxygen atoms in total. The molecule has 0 fully saturated rings. The molecule has 198 valence electrons. The average molecular weight is 567 g/mol. The predicted molar refractivity (Wildman–Crippen MR) is 133 cm³/mol. The number of anilines is 1. The summed E-state index contributed by atoms with van der Waals surface area (Å²) in [6.45, 7) is 0. The van der Waals surface area contributed by atoms with Gasteiger partial charge in [-0.3, -0.25) is 4.72 Å². The third-order valence-corrected chi connectivity index (χ3v) is 8.21. The van der Waals surface area contributed by atoms with Crippen molar-refractivity contribution in [3.8, 4) is 27.4 Å². The first kappa shape index (κ1) is 27.1. The Kier molecular flexibility index (Phi) is 7.42. The van der Waals surface area contributed by atoms with Crippen molar-refractivity contribution in [2.45, 2.75) is 16.8 Å². The number of halogens is 4. The molecule has 38 heavy (non-hydrogen) atoms. The van der Waals surface area contributed by atoms with E-state index < -0.39 is 40.0 Å². The van der Waals surface area contributed by atoms with Crippen LogP contribution < -0.4 is 9.46 Å². The fourth-order valence-electron chi connectivity index (χ4n) is 3.53. The number of sulfonamides is 1. The quantitative estimate of drug-likeness (QED) is 0.245. The Morgan fingerprint density at radius 1 is 1.03 bits per heavy atom. The molecule has 0 saturated heterocycles. The highest BCUT2D eigenvalue weighted by Crippen LogP contribution is 2.34. The lowest BCUT2D eigenvalue weighted by atomic mass is 10.0. The molecule has 0 atom stereocenters. The van der Waals surface area contributed by atoms with Crippen molar-refractivity contribution >= 4 is 33.0 Å². The van der Waals surface area contributed by atoms with E-state index in [9.17, 15) is 30.8 Å². The van der Waals surface area contributed by atoms with Crippen molar-refractivity contribution in [1.82, 2.24) is 4.98 Å². The normalized spacial score (nSPS) is 11.8. The number of methoxy groups -OCH3 is 1. The number of aromatic carboxylic acids is 1. The monoisotopic (exact) mass is 566 g/mol. The number of nitrogens with one attached hydrogen (secondary N) is 1. The topological polar surface area (TPSA) is 106 Å². The summed E-state index contributed by atoms with van der Waals surface area (Å²) in [4.78, 5) is 15.3. The Balaban J connectivity index is 1.53. The van der Waals surface area contributed by atoms with E-state index in [2.05, 4.69) is 9.71 Å². The zero-order valence-electron chi connectivity index (χ0n) is 19.4. The van der Waals surface area contributed by atoms with Gasteiger partial charge in [-0.15, -0.1) is 11.3 Å². The number of carbonyl (C=O) groups is 1. The number of hydrogen-bond donors (Lipinski definition) is 2. The molecule has 4 rings (SSSR count). The molecule has 0 spiro atoms. The molecule has 0 radical (unpaired) electrons. The molecule has 1 heterocycles. The minimum atomic E-state index is -4.29. The van der Waals surface area contributed by atoms with E-state index in [1.165, 1.54) is 19.2 Å². The summed E-state index contributed by atoms with van der Waals surface area (Å²) in [6.07, 6.45) is -4.16. The SMILES string of the molecule is COc1cc(C(=O)O)c(F)cc1NS(=O)(=O)c1cnc(-c2ccc(-c3ccc(CC(F)(F)F)cc3)cc2)s1. The van der Waals surface area contributed by atoms with Crippen LogP contribution in [0.2, 0.25) is 0 Å². The molecule has 0 unspecified atom stereocenters. The number of nitrogens with zero attached hydrogens (tertiary/aromatic N) is 1. The molecule has 2 N–H and O–H groups in total. The zero-order chi connectivity index (χ0) is 27.7. The Labute approximate surface area is 218 Å². The number of ether oxygens (including phenoxy) is 1. The fraction of sp³-hybridized carbons (Fsp3) is 0.120. The molecule has 0 saturated carbocycles. The van der Waals surface area contributed by atoms with E-state index in [0.717, 1.165) is 35.2 Å². The van der Waals surface area contributed by atoms with Crippen LogP contribution in [0.1, 0.15) is 15.9 Å². The maximum absolute atomic E-state index is 14.1.